The molecule has 0 bridgehead atoms. The maximum absolute atomic E-state index is 5.00. The van der Waals surface area contributed by atoms with Gasteiger partial charge in [-0.25, -0.2) is 0 Å². The summed E-state index contributed by atoms with van der Waals surface area (Å²) in [6.45, 7) is 2.70. The fourth-order valence-corrected chi connectivity index (χ4v) is 18.4. The van der Waals surface area contributed by atoms with E-state index in [-0.39, 0.29) is 0 Å². The predicted molar refractivity (Wildman–Crippen MR) is 226 cm³/mol. The molecular formula is C45H50N4P2. The van der Waals surface area contributed by atoms with Gasteiger partial charge in [-0.05, 0) is 0 Å². The van der Waals surface area contributed by atoms with Gasteiger partial charge in [0, 0.05) is 0 Å². The van der Waals surface area contributed by atoms with Gasteiger partial charge in [0.25, 0.3) is 0 Å². The summed E-state index contributed by atoms with van der Waals surface area (Å²) in [5.41, 5.74) is 8.89. The summed E-state index contributed by atoms with van der Waals surface area (Å²) in [4.78, 5) is 15.2. The van der Waals surface area contributed by atoms with E-state index < -0.39 is 15.2 Å². The van der Waals surface area contributed by atoms with E-state index in [0.717, 1.165) is 11.0 Å². The first kappa shape index (κ1) is 33.0. The predicted octanol–water partition coefficient (Wildman–Crippen LogP) is 10.1. The Morgan fingerprint density at radius 3 is 1.86 bits per heavy atom. The van der Waals surface area contributed by atoms with Crippen LogP contribution in [0.2, 0.25) is 0 Å². The second-order valence-corrected chi connectivity index (χ2v) is 22.2. The average molecular weight is 709 g/mol. The van der Waals surface area contributed by atoms with Crippen LogP contribution in [-0.2, 0) is 0 Å². The molecule has 1 unspecified atom stereocenters. The first-order valence-corrected chi connectivity index (χ1v) is 23.2. The Morgan fingerprint density at radius 1 is 0.549 bits per heavy atom. The van der Waals surface area contributed by atoms with Crippen molar-refractivity contribution >= 4 is 81.0 Å². The molecular weight excluding hydrogens is 658 g/mol. The van der Waals surface area contributed by atoms with Gasteiger partial charge in [-0.1, -0.05) is 0 Å². The fraction of sp³-hybridized carbons (Fsp3) is 0.333. The molecule has 0 amide bonds. The van der Waals surface area contributed by atoms with Crippen molar-refractivity contribution in [2.24, 2.45) is 0 Å². The third-order valence-electron chi connectivity index (χ3n) is 12.7. The molecule has 0 radical (unpaired) electrons. The Bertz CT molecular complexity index is 2220. The van der Waals surface area contributed by atoms with Crippen LogP contribution in [0.5, 0.6) is 0 Å². The summed E-state index contributed by atoms with van der Waals surface area (Å²) in [5.74, 6) is 0. The van der Waals surface area contributed by atoms with E-state index in [9.17, 15) is 0 Å². The number of pyridine rings is 2. The van der Waals surface area contributed by atoms with Crippen LogP contribution in [0.4, 0.5) is 22.7 Å². The Kier molecular flexibility index (Phi) is 8.82. The summed E-state index contributed by atoms with van der Waals surface area (Å²) in [7, 11) is 1.57. The Labute approximate surface area is 305 Å². The first-order chi connectivity index (χ1) is 25.0. The molecule has 260 valence electrons. The molecule has 51 heavy (non-hydrogen) atoms. The van der Waals surface area contributed by atoms with Crippen LogP contribution in [0.15, 0.2) is 109 Å². The van der Waals surface area contributed by atoms with E-state index >= 15 is 0 Å². The molecule has 2 aliphatic carbocycles. The number of aromatic nitrogens is 2. The molecule has 4 aromatic carbocycles. The Balaban J connectivity index is 1.43. The molecule has 6 aromatic rings. The molecule has 0 saturated heterocycles. The van der Waals surface area contributed by atoms with Crippen LogP contribution in [0, 0.1) is 0 Å². The second-order valence-electron chi connectivity index (χ2n) is 15.4. The van der Waals surface area contributed by atoms with Crippen molar-refractivity contribution in [3.8, 4) is 0 Å². The topological polar surface area (TPSA) is 32.3 Å². The minimum absolute atomic E-state index is 0.622. The standard InChI is InChI=1S/C45H50N4P2/c1-48-38-22-10-12-24-42(38)50(34-18-6-4-7-19-34)43-30-36-32(16-14-26-46-36)28-40(43)49(2)41-29-33-17-15-27-47-37(33)31-45(41)51(3,35-20-8-5-9-21-35)44-25-13-11-23-39(44)48/h10-17,22-31,34-35,51H,4-9,18-21H2,1-3H3. The number of para-hydroxylation sites is 2. The van der Waals surface area contributed by atoms with Crippen LogP contribution < -0.4 is 31.0 Å². The van der Waals surface area contributed by atoms with Gasteiger partial charge < -0.3 is 0 Å². The third kappa shape index (κ3) is 5.66. The molecule has 3 aliphatic rings. The zero-order valence-corrected chi connectivity index (χ0v) is 32.2. The zero-order chi connectivity index (χ0) is 34.5. The summed E-state index contributed by atoms with van der Waals surface area (Å²) < 4.78 is 0. The van der Waals surface area contributed by atoms with Crippen LogP contribution in [-0.4, -0.2) is 42.0 Å². The van der Waals surface area contributed by atoms with E-state index in [1.807, 2.05) is 12.4 Å². The van der Waals surface area contributed by atoms with E-state index in [1.165, 1.54) is 114 Å². The van der Waals surface area contributed by atoms with Crippen molar-refractivity contribution in [3.63, 3.8) is 0 Å². The number of fused-ring (bicyclic) bond motifs is 6. The summed E-state index contributed by atoms with van der Waals surface area (Å²) in [6.07, 6.45) is 17.0. The molecule has 0 N–H and O–H groups in total. The van der Waals surface area contributed by atoms with Gasteiger partial charge in [-0.3, -0.25) is 0 Å². The fourth-order valence-electron chi connectivity index (χ4n) is 9.90. The van der Waals surface area contributed by atoms with Crippen molar-refractivity contribution in [2.45, 2.75) is 75.5 Å². The van der Waals surface area contributed by atoms with E-state index in [0.29, 0.717) is 11.3 Å². The third-order valence-corrected chi connectivity index (χ3v) is 20.9. The van der Waals surface area contributed by atoms with Gasteiger partial charge in [0.1, 0.15) is 0 Å². The average Bonchev–Trinajstić information content (AvgIpc) is 3.20. The molecule has 2 aromatic heterocycles. The summed E-state index contributed by atoms with van der Waals surface area (Å²) in [5, 5.41) is 8.48. The molecule has 1 aliphatic heterocycles. The molecule has 0 spiro atoms. The molecule has 4 nitrogen and oxygen atoms in total. The number of anilines is 4. The van der Waals surface area contributed by atoms with Gasteiger partial charge in [0.05, 0.1) is 0 Å². The summed E-state index contributed by atoms with van der Waals surface area (Å²) >= 11 is 0. The quantitative estimate of drug-likeness (QED) is 0.168. The second kappa shape index (κ2) is 13.6. The van der Waals surface area contributed by atoms with Gasteiger partial charge in [0.2, 0.25) is 0 Å². The maximum atomic E-state index is 5.00. The number of rotatable bonds is 2. The Morgan fingerprint density at radius 2 is 1.14 bits per heavy atom. The van der Waals surface area contributed by atoms with Gasteiger partial charge in [-0.2, -0.15) is 0 Å². The number of hydrogen-bond donors (Lipinski definition) is 0. The Hall–Kier alpha value is -3.84. The van der Waals surface area contributed by atoms with Crippen molar-refractivity contribution in [3.05, 3.63) is 109 Å². The van der Waals surface area contributed by atoms with Gasteiger partial charge in [0.15, 0.2) is 0 Å². The molecule has 3 heterocycles. The summed E-state index contributed by atoms with van der Waals surface area (Å²) in [6, 6.07) is 37.6. The van der Waals surface area contributed by atoms with Crippen molar-refractivity contribution in [2.75, 3.05) is 30.6 Å². The molecule has 9 rings (SSSR count). The van der Waals surface area contributed by atoms with Crippen molar-refractivity contribution in [1.29, 1.82) is 0 Å². The first-order valence-electron chi connectivity index (χ1n) is 19.3. The van der Waals surface area contributed by atoms with Gasteiger partial charge >= 0.3 is 306 Å². The number of benzene rings is 4. The number of hydrogen-bond acceptors (Lipinski definition) is 4. The molecule has 6 heteroatoms. The molecule has 2 fully saturated rings. The van der Waals surface area contributed by atoms with Crippen LogP contribution in [0.1, 0.15) is 64.2 Å². The van der Waals surface area contributed by atoms with Crippen LogP contribution >= 0.6 is 15.2 Å². The van der Waals surface area contributed by atoms with E-state index in [1.54, 1.807) is 5.30 Å². The molecule has 1 atom stereocenters. The normalized spacial score (nSPS) is 20.4. The van der Waals surface area contributed by atoms with Crippen LogP contribution in [0.3, 0.4) is 0 Å². The zero-order valence-electron chi connectivity index (χ0n) is 30.4. The van der Waals surface area contributed by atoms with Crippen LogP contribution in [0.25, 0.3) is 21.8 Å². The monoisotopic (exact) mass is 708 g/mol. The number of nitrogens with zero attached hydrogens (tertiary/aromatic N) is 4. The van der Waals surface area contributed by atoms with Gasteiger partial charge in [-0.15, -0.1) is 0 Å². The van der Waals surface area contributed by atoms with E-state index in [4.69, 9.17) is 9.97 Å². The van der Waals surface area contributed by atoms with Crippen molar-refractivity contribution in [1.82, 2.24) is 9.97 Å². The van der Waals surface area contributed by atoms with E-state index in [2.05, 4.69) is 128 Å². The SMILES string of the molecule is CN1c2ccccc2P(C2CCCCC2)c2cc3ncccc3cc2N(C)c2cc3cccnc3cc2[PH](C)(C2CCCCC2)c2ccccc21. The molecule has 2 saturated carbocycles. The van der Waals surface area contributed by atoms with Crippen molar-refractivity contribution < 1.29 is 0 Å². The minimum atomic E-state index is -2.43.